The molecular weight excluding hydrogens is 412 g/mol. The summed E-state index contributed by atoms with van der Waals surface area (Å²) in [5, 5.41) is 12.8. The number of anilines is 1. The van der Waals surface area contributed by atoms with Gasteiger partial charge in [-0.2, -0.15) is 0 Å². The molecule has 33 heavy (non-hydrogen) atoms. The number of phenolic OH excluding ortho intramolecular Hbond substituents is 1. The summed E-state index contributed by atoms with van der Waals surface area (Å²) in [6, 6.07) is 24.1. The number of phenols is 1. The van der Waals surface area contributed by atoms with Gasteiger partial charge in [-0.05, 0) is 73.1 Å². The summed E-state index contributed by atoms with van der Waals surface area (Å²) in [6.07, 6.45) is 0. The van der Waals surface area contributed by atoms with Gasteiger partial charge in [-0.1, -0.05) is 56.3 Å². The maximum Gasteiger partial charge on any atom is 0.256 e. The van der Waals surface area contributed by atoms with Crippen molar-refractivity contribution in [2.45, 2.75) is 13.8 Å². The summed E-state index contributed by atoms with van der Waals surface area (Å²) in [5.74, 6) is 0.828. The Hall–Kier alpha value is -3.57. The minimum Gasteiger partial charge on any atom is -0.508 e. The lowest BCUT2D eigenvalue weighted by molar-refractivity contribution is -0.111. The van der Waals surface area contributed by atoms with Crippen molar-refractivity contribution >= 4 is 22.7 Å². The molecule has 0 fully saturated rings. The normalized spacial score (nSPS) is 11.9. The molecule has 0 unspecified atom stereocenters. The minimum absolute atomic E-state index is 0.106. The first-order valence-electron chi connectivity index (χ1n) is 11.1. The third-order valence-electron chi connectivity index (χ3n) is 5.23. The van der Waals surface area contributed by atoms with Gasteiger partial charge in [-0.25, -0.2) is 0 Å². The number of likely N-dealkylation sites (N-methyl/N-ethyl adjacent to an activating group) is 1. The van der Waals surface area contributed by atoms with E-state index in [1.807, 2.05) is 68.7 Å². The Balaban J connectivity index is 1.93. The van der Waals surface area contributed by atoms with Crippen molar-refractivity contribution < 1.29 is 14.6 Å². The minimum atomic E-state index is -0.200. The second-order valence-electron chi connectivity index (χ2n) is 8.49. The zero-order chi connectivity index (χ0) is 23.8. The number of allylic oxidation sites excluding steroid dienone is 1. The van der Waals surface area contributed by atoms with E-state index < -0.39 is 0 Å². The molecule has 2 N–H and O–H groups in total. The Morgan fingerprint density at radius 1 is 0.909 bits per heavy atom. The van der Waals surface area contributed by atoms with Crippen LogP contribution >= 0.6 is 0 Å². The number of hydrogen-bond donors (Lipinski definition) is 2. The maximum absolute atomic E-state index is 13.6. The van der Waals surface area contributed by atoms with Crippen LogP contribution in [0.5, 0.6) is 11.5 Å². The summed E-state index contributed by atoms with van der Waals surface area (Å²) in [6.45, 7) is 5.59. The molecule has 0 aliphatic rings. The highest BCUT2D eigenvalue weighted by atomic mass is 16.5. The average molecular weight is 445 g/mol. The van der Waals surface area contributed by atoms with Gasteiger partial charge in [0.05, 0.1) is 5.57 Å². The largest absolute Gasteiger partial charge is 0.508 e. The summed E-state index contributed by atoms with van der Waals surface area (Å²) in [5.41, 5.74) is 3.97. The summed E-state index contributed by atoms with van der Waals surface area (Å²) in [7, 11) is 4.00. The average Bonchev–Trinajstić information content (AvgIpc) is 2.79. The highest BCUT2D eigenvalue weighted by Crippen LogP contribution is 2.34. The SMILES string of the molecule is CC(C)/C(=C(\C(=O)Nc1ccc(OCCN(C)C)cc1)c1ccc(O)cc1)c1ccccc1. The molecule has 3 rings (SSSR count). The number of nitrogens with zero attached hydrogens (tertiary/aromatic N) is 1. The number of carbonyl (C=O) groups excluding carboxylic acids is 1. The number of rotatable bonds is 9. The maximum atomic E-state index is 13.6. The number of amides is 1. The molecule has 3 aromatic carbocycles. The Labute approximate surface area is 196 Å². The summed E-state index contributed by atoms with van der Waals surface area (Å²) < 4.78 is 5.74. The van der Waals surface area contributed by atoms with Gasteiger partial charge >= 0.3 is 0 Å². The van der Waals surface area contributed by atoms with Crippen LogP contribution in [-0.4, -0.2) is 43.2 Å². The second kappa shape index (κ2) is 11.3. The molecule has 3 aromatic rings. The first kappa shape index (κ1) is 24.1. The number of carbonyl (C=O) groups is 1. The van der Waals surface area contributed by atoms with E-state index in [0.29, 0.717) is 17.9 Å². The first-order valence-corrected chi connectivity index (χ1v) is 11.1. The molecule has 0 atom stereocenters. The van der Waals surface area contributed by atoms with Crippen LogP contribution in [0.25, 0.3) is 11.1 Å². The van der Waals surface area contributed by atoms with Crippen molar-refractivity contribution in [3.63, 3.8) is 0 Å². The molecule has 172 valence electrons. The van der Waals surface area contributed by atoms with E-state index in [1.54, 1.807) is 24.3 Å². The Kier molecular flexibility index (Phi) is 8.28. The third-order valence-corrected chi connectivity index (χ3v) is 5.23. The van der Waals surface area contributed by atoms with E-state index in [-0.39, 0.29) is 17.6 Å². The van der Waals surface area contributed by atoms with Gasteiger partial charge in [-0.15, -0.1) is 0 Å². The van der Waals surface area contributed by atoms with Crippen LogP contribution in [0.2, 0.25) is 0 Å². The van der Waals surface area contributed by atoms with E-state index in [9.17, 15) is 9.90 Å². The molecule has 0 saturated carbocycles. The van der Waals surface area contributed by atoms with E-state index in [4.69, 9.17) is 4.74 Å². The predicted molar refractivity (Wildman–Crippen MR) is 135 cm³/mol. The van der Waals surface area contributed by atoms with Crippen LogP contribution in [0.3, 0.4) is 0 Å². The van der Waals surface area contributed by atoms with Crippen LogP contribution in [-0.2, 0) is 4.79 Å². The zero-order valence-electron chi connectivity index (χ0n) is 19.7. The molecule has 5 heteroatoms. The van der Waals surface area contributed by atoms with Crippen LogP contribution in [0, 0.1) is 5.92 Å². The molecule has 0 aliphatic carbocycles. The lowest BCUT2D eigenvalue weighted by Gasteiger charge is -2.19. The zero-order valence-corrected chi connectivity index (χ0v) is 19.7. The van der Waals surface area contributed by atoms with E-state index >= 15 is 0 Å². The van der Waals surface area contributed by atoms with Crippen LogP contribution in [0.4, 0.5) is 5.69 Å². The Morgan fingerprint density at radius 2 is 1.55 bits per heavy atom. The monoisotopic (exact) mass is 444 g/mol. The van der Waals surface area contributed by atoms with Crippen LogP contribution in [0.15, 0.2) is 78.9 Å². The molecule has 0 bridgehead atoms. The number of ether oxygens (including phenoxy) is 1. The van der Waals surface area contributed by atoms with Gasteiger partial charge in [0, 0.05) is 12.2 Å². The fourth-order valence-electron chi connectivity index (χ4n) is 3.60. The van der Waals surface area contributed by atoms with Crippen molar-refractivity contribution in [3.05, 3.63) is 90.0 Å². The van der Waals surface area contributed by atoms with Crippen molar-refractivity contribution in [2.24, 2.45) is 5.92 Å². The van der Waals surface area contributed by atoms with Crippen molar-refractivity contribution in [1.82, 2.24) is 4.90 Å². The molecular formula is C28H32N2O3. The van der Waals surface area contributed by atoms with E-state index in [1.165, 1.54) is 0 Å². The molecule has 0 spiro atoms. The number of hydrogen-bond acceptors (Lipinski definition) is 4. The lowest BCUT2D eigenvalue weighted by atomic mass is 9.87. The summed E-state index contributed by atoms with van der Waals surface area (Å²) >= 11 is 0. The van der Waals surface area contributed by atoms with Gasteiger partial charge in [0.15, 0.2) is 0 Å². The van der Waals surface area contributed by atoms with Gasteiger partial charge in [0.2, 0.25) is 0 Å². The molecule has 0 aliphatic heterocycles. The van der Waals surface area contributed by atoms with Crippen molar-refractivity contribution in [1.29, 1.82) is 0 Å². The molecule has 0 saturated heterocycles. The lowest BCUT2D eigenvalue weighted by Crippen LogP contribution is -2.19. The van der Waals surface area contributed by atoms with Crippen LogP contribution in [0.1, 0.15) is 25.0 Å². The molecule has 0 aromatic heterocycles. The molecule has 1 amide bonds. The van der Waals surface area contributed by atoms with Gasteiger partial charge in [0.25, 0.3) is 5.91 Å². The predicted octanol–water partition coefficient (Wildman–Crippen LogP) is 5.54. The highest BCUT2D eigenvalue weighted by Gasteiger charge is 2.21. The van der Waals surface area contributed by atoms with Crippen molar-refractivity contribution in [3.8, 4) is 11.5 Å². The van der Waals surface area contributed by atoms with Gasteiger partial charge in [-0.3, -0.25) is 4.79 Å². The number of benzene rings is 3. The quantitative estimate of drug-likeness (QED) is 0.336. The van der Waals surface area contributed by atoms with E-state index in [0.717, 1.165) is 29.0 Å². The topological polar surface area (TPSA) is 61.8 Å². The number of nitrogens with one attached hydrogen (secondary N) is 1. The van der Waals surface area contributed by atoms with Crippen LogP contribution < -0.4 is 10.1 Å². The second-order valence-corrected chi connectivity index (χ2v) is 8.49. The van der Waals surface area contributed by atoms with E-state index in [2.05, 4.69) is 24.1 Å². The highest BCUT2D eigenvalue weighted by molar-refractivity contribution is 6.31. The molecule has 0 radical (unpaired) electrons. The van der Waals surface area contributed by atoms with Gasteiger partial charge in [0.1, 0.15) is 18.1 Å². The van der Waals surface area contributed by atoms with Crippen molar-refractivity contribution in [2.75, 3.05) is 32.6 Å². The fraction of sp³-hybridized carbons (Fsp3) is 0.250. The summed E-state index contributed by atoms with van der Waals surface area (Å²) in [4.78, 5) is 15.6. The number of aromatic hydroxyl groups is 1. The third kappa shape index (κ3) is 6.70. The molecule has 5 nitrogen and oxygen atoms in total. The first-order chi connectivity index (χ1) is 15.8. The Bertz CT molecular complexity index is 1070. The van der Waals surface area contributed by atoms with Gasteiger partial charge < -0.3 is 20.1 Å². The molecule has 0 heterocycles. The Morgan fingerprint density at radius 3 is 2.12 bits per heavy atom. The fourth-order valence-corrected chi connectivity index (χ4v) is 3.60. The standard InChI is InChI=1S/C28H32N2O3/c1-20(2)26(21-8-6-5-7-9-21)27(22-10-14-24(31)15-11-22)28(32)29-23-12-16-25(17-13-23)33-19-18-30(3)4/h5-17,20,31H,18-19H2,1-4H3,(H,29,32)/b27-26+. The smallest absolute Gasteiger partial charge is 0.256 e.